The molecule has 1 aromatic carbocycles. The third kappa shape index (κ3) is 5.11. The number of aromatic nitrogens is 4. The van der Waals surface area contributed by atoms with Gasteiger partial charge in [0.15, 0.2) is 11.5 Å². The molecule has 1 amide bonds. The normalized spacial score (nSPS) is 14.7. The molecular weight excluding hydrogens is 382 g/mol. The Labute approximate surface area is 175 Å². The summed E-state index contributed by atoms with van der Waals surface area (Å²) in [6.45, 7) is 7.76. The summed E-state index contributed by atoms with van der Waals surface area (Å²) in [5.74, 6) is 1.40. The quantitative estimate of drug-likeness (QED) is 0.576. The maximum absolute atomic E-state index is 12.3. The third-order valence-electron chi connectivity index (χ3n) is 5.11. The zero-order chi connectivity index (χ0) is 20.8. The molecule has 0 radical (unpaired) electrons. The van der Waals surface area contributed by atoms with Crippen molar-refractivity contribution in [3.05, 3.63) is 53.3 Å². The summed E-state index contributed by atoms with van der Waals surface area (Å²) in [5, 5.41) is 19.3. The van der Waals surface area contributed by atoms with Crippen LogP contribution in [0.5, 0.6) is 0 Å². The molecule has 0 atom stereocenters. The fraction of sp³-hybridized carbons (Fsp3) is 0.429. The van der Waals surface area contributed by atoms with Gasteiger partial charge in [0.1, 0.15) is 5.82 Å². The average molecular weight is 409 g/mol. The van der Waals surface area contributed by atoms with Crippen molar-refractivity contribution in [2.45, 2.75) is 13.3 Å². The molecule has 1 saturated heterocycles. The SMILES string of the molecule is Cc1ccc(C(=O)NCCc2nnc3ccc(NCCN4CCOCC4)nn23)cc1. The number of benzene rings is 1. The minimum Gasteiger partial charge on any atom is -0.379 e. The van der Waals surface area contributed by atoms with Crippen LogP contribution in [0.1, 0.15) is 21.7 Å². The molecule has 1 aliphatic rings. The van der Waals surface area contributed by atoms with E-state index in [-0.39, 0.29) is 5.91 Å². The van der Waals surface area contributed by atoms with Gasteiger partial charge in [-0.3, -0.25) is 9.69 Å². The lowest BCUT2D eigenvalue weighted by Gasteiger charge is -2.26. The maximum Gasteiger partial charge on any atom is 0.251 e. The van der Waals surface area contributed by atoms with Crippen molar-refractivity contribution in [3.8, 4) is 0 Å². The Kier molecular flexibility index (Phi) is 6.50. The van der Waals surface area contributed by atoms with E-state index in [0.29, 0.717) is 30.0 Å². The van der Waals surface area contributed by atoms with Crippen LogP contribution >= 0.6 is 0 Å². The fourth-order valence-electron chi connectivity index (χ4n) is 3.35. The minimum absolute atomic E-state index is 0.0951. The van der Waals surface area contributed by atoms with E-state index >= 15 is 0 Å². The molecule has 0 unspecified atom stereocenters. The van der Waals surface area contributed by atoms with Gasteiger partial charge in [0.25, 0.3) is 5.91 Å². The summed E-state index contributed by atoms with van der Waals surface area (Å²) in [6.07, 6.45) is 0.545. The Morgan fingerprint density at radius 3 is 2.67 bits per heavy atom. The lowest BCUT2D eigenvalue weighted by molar-refractivity contribution is 0.0398. The van der Waals surface area contributed by atoms with Crippen LogP contribution in [0, 0.1) is 6.92 Å². The van der Waals surface area contributed by atoms with Crippen LogP contribution in [0.4, 0.5) is 5.82 Å². The van der Waals surface area contributed by atoms with Crippen LogP contribution in [-0.2, 0) is 11.2 Å². The summed E-state index contributed by atoms with van der Waals surface area (Å²) in [4.78, 5) is 14.6. The van der Waals surface area contributed by atoms with E-state index in [1.54, 1.807) is 4.52 Å². The van der Waals surface area contributed by atoms with Crippen LogP contribution in [0.2, 0.25) is 0 Å². The lowest BCUT2D eigenvalue weighted by Crippen LogP contribution is -2.39. The molecule has 2 aromatic heterocycles. The van der Waals surface area contributed by atoms with E-state index < -0.39 is 0 Å². The molecule has 1 aliphatic heterocycles. The number of hydrogen-bond donors (Lipinski definition) is 2. The van der Waals surface area contributed by atoms with Gasteiger partial charge in [-0.25, -0.2) is 0 Å². The topological polar surface area (TPSA) is 96.7 Å². The van der Waals surface area contributed by atoms with Gasteiger partial charge < -0.3 is 15.4 Å². The number of rotatable bonds is 8. The van der Waals surface area contributed by atoms with Crippen molar-refractivity contribution in [2.24, 2.45) is 0 Å². The number of morpholine rings is 1. The first-order valence-corrected chi connectivity index (χ1v) is 10.3. The predicted octanol–water partition coefficient (Wildman–Crippen LogP) is 1.15. The molecule has 4 rings (SSSR count). The Morgan fingerprint density at radius 1 is 1.07 bits per heavy atom. The highest BCUT2D eigenvalue weighted by atomic mass is 16.5. The molecule has 9 nitrogen and oxygen atoms in total. The maximum atomic E-state index is 12.3. The second-order valence-corrected chi connectivity index (χ2v) is 7.36. The van der Waals surface area contributed by atoms with Crippen molar-refractivity contribution in [3.63, 3.8) is 0 Å². The molecule has 30 heavy (non-hydrogen) atoms. The van der Waals surface area contributed by atoms with E-state index in [1.807, 2.05) is 43.3 Å². The van der Waals surface area contributed by atoms with Gasteiger partial charge >= 0.3 is 0 Å². The molecule has 0 saturated carbocycles. The molecule has 0 bridgehead atoms. The van der Waals surface area contributed by atoms with Crippen molar-refractivity contribution in [1.29, 1.82) is 0 Å². The average Bonchev–Trinajstić information content (AvgIpc) is 3.17. The number of anilines is 1. The number of carbonyl (C=O) groups is 1. The number of carbonyl (C=O) groups excluding carboxylic acids is 1. The van der Waals surface area contributed by atoms with Crippen molar-refractivity contribution in [2.75, 3.05) is 51.3 Å². The zero-order valence-electron chi connectivity index (χ0n) is 17.2. The van der Waals surface area contributed by atoms with Crippen LogP contribution in [0.15, 0.2) is 36.4 Å². The molecule has 2 N–H and O–H groups in total. The molecule has 0 spiro atoms. The summed E-state index contributed by atoms with van der Waals surface area (Å²) >= 11 is 0. The summed E-state index contributed by atoms with van der Waals surface area (Å²) in [5.41, 5.74) is 2.46. The molecular formula is C21H27N7O2. The summed E-state index contributed by atoms with van der Waals surface area (Å²) < 4.78 is 7.11. The predicted molar refractivity (Wildman–Crippen MR) is 114 cm³/mol. The Hall–Kier alpha value is -3.04. The number of aryl methyl sites for hydroxylation is 1. The Morgan fingerprint density at radius 2 is 1.87 bits per heavy atom. The number of hydrogen-bond acceptors (Lipinski definition) is 7. The smallest absolute Gasteiger partial charge is 0.251 e. The van der Waals surface area contributed by atoms with Gasteiger partial charge in [0, 0.05) is 44.7 Å². The molecule has 3 aromatic rings. The van der Waals surface area contributed by atoms with E-state index in [9.17, 15) is 4.79 Å². The van der Waals surface area contributed by atoms with Crippen molar-refractivity contribution in [1.82, 2.24) is 30.0 Å². The first kappa shape index (κ1) is 20.2. The van der Waals surface area contributed by atoms with E-state index in [0.717, 1.165) is 50.8 Å². The first-order valence-electron chi connectivity index (χ1n) is 10.3. The molecule has 0 aliphatic carbocycles. The zero-order valence-corrected chi connectivity index (χ0v) is 17.2. The highest BCUT2D eigenvalue weighted by Crippen LogP contribution is 2.08. The highest BCUT2D eigenvalue weighted by Gasteiger charge is 2.11. The summed E-state index contributed by atoms with van der Waals surface area (Å²) in [7, 11) is 0. The van der Waals surface area contributed by atoms with Gasteiger partial charge in [-0.2, -0.15) is 4.52 Å². The highest BCUT2D eigenvalue weighted by molar-refractivity contribution is 5.94. The van der Waals surface area contributed by atoms with Crippen molar-refractivity contribution >= 4 is 17.4 Å². The molecule has 158 valence electrons. The monoisotopic (exact) mass is 409 g/mol. The Bertz CT molecular complexity index is 981. The lowest BCUT2D eigenvalue weighted by atomic mass is 10.1. The first-order chi connectivity index (χ1) is 14.7. The number of nitrogens with zero attached hydrogens (tertiary/aromatic N) is 5. The van der Waals surface area contributed by atoms with Crippen LogP contribution in [0.25, 0.3) is 5.65 Å². The van der Waals surface area contributed by atoms with Gasteiger partial charge in [-0.05, 0) is 31.2 Å². The number of fused-ring (bicyclic) bond motifs is 1. The van der Waals surface area contributed by atoms with E-state index in [4.69, 9.17) is 4.74 Å². The standard InChI is InChI=1S/C21H27N7O2/c1-16-2-4-17(5-3-16)21(29)23-9-8-20-25-24-19-7-6-18(26-28(19)20)22-10-11-27-12-14-30-15-13-27/h2-7H,8-15H2,1H3,(H,22,26)(H,23,29). The van der Waals surface area contributed by atoms with Gasteiger partial charge in [0.05, 0.1) is 13.2 Å². The molecule has 3 heterocycles. The second-order valence-electron chi connectivity index (χ2n) is 7.36. The van der Waals surface area contributed by atoms with Gasteiger partial charge in [-0.1, -0.05) is 17.7 Å². The molecule has 1 fully saturated rings. The minimum atomic E-state index is -0.0951. The second kappa shape index (κ2) is 9.64. The van der Waals surface area contributed by atoms with Gasteiger partial charge in [-0.15, -0.1) is 15.3 Å². The van der Waals surface area contributed by atoms with Crippen LogP contribution in [-0.4, -0.2) is 76.6 Å². The fourth-order valence-corrected chi connectivity index (χ4v) is 3.35. The third-order valence-corrected chi connectivity index (χ3v) is 5.11. The number of nitrogens with one attached hydrogen (secondary N) is 2. The van der Waals surface area contributed by atoms with E-state index in [2.05, 4.69) is 30.8 Å². The van der Waals surface area contributed by atoms with E-state index in [1.165, 1.54) is 0 Å². The largest absolute Gasteiger partial charge is 0.379 e. The Balaban J connectivity index is 1.31. The number of amides is 1. The molecule has 9 heteroatoms. The van der Waals surface area contributed by atoms with Crippen LogP contribution < -0.4 is 10.6 Å². The summed E-state index contributed by atoms with van der Waals surface area (Å²) in [6, 6.07) is 11.3. The van der Waals surface area contributed by atoms with Crippen molar-refractivity contribution < 1.29 is 9.53 Å². The van der Waals surface area contributed by atoms with Gasteiger partial charge in [0.2, 0.25) is 0 Å². The number of ether oxygens (including phenoxy) is 1. The van der Waals surface area contributed by atoms with Crippen LogP contribution in [0.3, 0.4) is 0 Å².